The highest BCUT2D eigenvalue weighted by Crippen LogP contribution is 2.34. The van der Waals surface area contributed by atoms with Crippen LogP contribution < -0.4 is 10.1 Å². The van der Waals surface area contributed by atoms with Gasteiger partial charge in [-0.3, -0.25) is 0 Å². The minimum atomic E-state index is 0.747. The van der Waals surface area contributed by atoms with E-state index in [4.69, 9.17) is 4.74 Å². The summed E-state index contributed by atoms with van der Waals surface area (Å²) < 4.78 is 5.66. The van der Waals surface area contributed by atoms with E-state index in [1.165, 1.54) is 31.2 Å². The molecule has 0 spiro atoms. The van der Waals surface area contributed by atoms with E-state index >= 15 is 0 Å². The maximum absolute atomic E-state index is 5.66. The zero-order valence-electron chi connectivity index (χ0n) is 10.7. The molecule has 2 nitrogen and oxygen atoms in total. The normalized spacial score (nSPS) is 16.3. The highest BCUT2D eigenvalue weighted by atomic mass is 16.5. The Bertz CT molecular complexity index is 314. The van der Waals surface area contributed by atoms with Crippen molar-refractivity contribution < 1.29 is 4.74 Å². The van der Waals surface area contributed by atoms with Crippen LogP contribution in [0.1, 0.15) is 44.1 Å². The van der Waals surface area contributed by atoms with Crippen LogP contribution in [0, 0.1) is 0 Å². The molecule has 1 aliphatic carbocycles. The van der Waals surface area contributed by atoms with E-state index in [2.05, 4.69) is 36.5 Å². The van der Waals surface area contributed by atoms with Gasteiger partial charge in [0.25, 0.3) is 0 Å². The van der Waals surface area contributed by atoms with E-state index in [1.54, 1.807) is 0 Å². The monoisotopic (exact) mass is 233 g/mol. The van der Waals surface area contributed by atoms with E-state index in [1.807, 2.05) is 0 Å². The van der Waals surface area contributed by atoms with E-state index in [9.17, 15) is 0 Å². The fraction of sp³-hybridized carbons (Fsp3) is 0.600. The first-order valence-electron chi connectivity index (χ1n) is 6.83. The van der Waals surface area contributed by atoms with Gasteiger partial charge in [0.2, 0.25) is 0 Å². The molecule has 1 saturated carbocycles. The highest BCUT2D eigenvalue weighted by Gasteiger charge is 2.16. The summed E-state index contributed by atoms with van der Waals surface area (Å²) in [6.07, 6.45) is 5.51. The Morgan fingerprint density at radius 1 is 1.18 bits per heavy atom. The molecule has 0 atom stereocenters. The summed E-state index contributed by atoms with van der Waals surface area (Å²) in [4.78, 5) is 0. The van der Waals surface area contributed by atoms with Gasteiger partial charge in [-0.05, 0) is 43.0 Å². The Morgan fingerprint density at radius 3 is 2.53 bits per heavy atom. The molecule has 1 aromatic rings. The first-order valence-corrected chi connectivity index (χ1v) is 6.83. The molecule has 1 aliphatic rings. The molecule has 2 heteroatoms. The van der Waals surface area contributed by atoms with Gasteiger partial charge in [-0.1, -0.05) is 31.9 Å². The Morgan fingerprint density at radius 2 is 1.88 bits per heavy atom. The van der Waals surface area contributed by atoms with Crippen LogP contribution in [0.25, 0.3) is 0 Å². The molecule has 1 N–H and O–H groups in total. The largest absolute Gasteiger partial charge is 0.492 e. The van der Waals surface area contributed by atoms with E-state index in [0.29, 0.717) is 0 Å². The highest BCUT2D eigenvalue weighted by molar-refractivity contribution is 5.29. The lowest BCUT2D eigenvalue weighted by atomic mass is 9.98. The number of ether oxygens (including phenoxy) is 1. The molecule has 1 fully saturated rings. The van der Waals surface area contributed by atoms with E-state index in [-0.39, 0.29) is 0 Å². The molecule has 2 rings (SSSR count). The number of hydrogen-bond acceptors (Lipinski definition) is 2. The molecular formula is C15H23NO. The molecular weight excluding hydrogens is 210 g/mol. The van der Waals surface area contributed by atoms with E-state index < -0.39 is 0 Å². The molecule has 0 heterocycles. The van der Waals surface area contributed by atoms with Crippen LogP contribution in [-0.4, -0.2) is 19.7 Å². The third-order valence-corrected chi connectivity index (χ3v) is 3.50. The van der Waals surface area contributed by atoms with Crippen LogP contribution in [0.4, 0.5) is 0 Å². The van der Waals surface area contributed by atoms with Crippen molar-refractivity contribution in [2.45, 2.75) is 38.5 Å². The Hall–Kier alpha value is -1.02. The van der Waals surface area contributed by atoms with Crippen molar-refractivity contribution in [1.82, 2.24) is 5.32 Å². The van der Waals surface area contributed by atoms with Gasteiger partial charge >= 0.3 is 0 Å². The van der Waals surface area contributed by atoms with Gasteiger partial charge in [-0.25, -0.2) is 0 Å². The van der Waals surface area contributed by atoms with Gasteiger partial charge in [0.15, 0.2) is 0 Å². The molecule has 0 aromatic heterocycles. The molecule has 0 amide bonds. The average Bonchev–Trinajstić information content (AvgIpc) is 2.89. The van der Waals surface area contributed by atoms with Crippen LogP contribution in [0.5, 0.6) is 5.75 Å². The standard InChI is InChI=1S/C15H23NO/c1-2-16-11-12-17-15-9-7-14(8-10-15)13-5-3-4-6-13/h7-10,13,16H,2-6,11-12H2,1H3. The topological polar surface area (TPSA) is 21.3 Å². The Labute approximate surface area is 104 Å². The molecule has 0 saturated heterocycles. The van der Waals surface area contributed by atoms with Gasteiger partial charge in [0.05, 0.1) is 0 Å². The summed E-state index contributed by atoms with van der Waals surface area (Å²) in [7, 11) is 0. The number of rotatable bonds is 6. The van der Waals surface area contributed by atoms with Crippen LogP contribution in [0.15, 0.2) is 24.3 Å². The van der Waals surface area contributed by atoms with E-state index in [0.717, 1.165) is 31.4 Å². The number of hydrogen-bond donors (Lipinski definition) is 1. The SMILES string of the molecule is CCNCCOc1ccc(C2CCCC2)cc1. The van der Waals surface area contributed by atoms with Crippen molar-refractivity contribution in [3.8, 4) is 5.75 Å². The average molecular weight is 233 g/mol. The lowest BCUT2D eigenvalue weighted by Gasteiger charge is -2.11. The smallest absolute Gasteiger partial charge is 0.119 e. The van der Waals surface area contributed by atoms with Gasteiger partial charge in [0, 0.05) is 6.54 Å². The number of benzene rings is 1. The summed E-state index contributed by atoms with van der Waals surface area (Å²) in [6, 6.07) is 8.69. The molecule has 0 radical (unpaired) electrons. The summed E-state index contributed by atoms with van der Waals surface area (Å²) in [5.74, 6) is 1.79. The first kappa shape index (κ1) is 12.4. The summed E-state index contributed by atoms with van der Waals surface area (Å²) in [6.45, 7) is 4.78. The third kappa shape index (κ3) is 3.74. The quantitative estimate of drug-likeness (QED) is 0.761. The van der Waals surface area contributed by atoms with Gasteiger partial charge in [-0.15, -0.1) is 0 Å². The fourth-order valence-electron chi connectivity index (χ4n) is 2.51. The zero-order chi connectivity index (χ0) is 11.9. The second-order valence-corrected chi connectivity index (χ2v) is 4.75. The molecule has 94 valence electrons. The van der Waals surface area contributed by atoms with Crippen LogP contribution >= 0.6 is 0 Å². The van der Waals surface area contributed by atoms with Crippen LogP contribution in [0.2, 0.25) is 0 Å². The molecule has 1 aromatic carbocycles. The minimum Gasteiger partial charge on any atom is -0.492 e. The lowest BCUT2D eigenvalue weighted by molar-refractivity contribution is 0.315. The second kappa shape index (κ2) is 6.65. The number of likely N-dealkylation sites (N-methyl/N-ethyl adjacent to an activating group) is 1. The predicted octanol–water partition coefficient (Wildman–Crippen LogP) is 3.33. The molecule has 0 bridgehead atoms. The summed E-state index contributed by atoms with van der Waals surface area (Å²) in [5, 5.41) is 3.25. The van der Waals surface area contributed by atoms with Gasteiger partial charge < -0.3 is 10.1 Å². The first-order chi connectivity index (χ1) is 8.40. The van der Waals surface area contributed by atoms with Crippen LogP contribution in [-0.2, 0) is 0 Å². The van der Waals surface area contributed by atoms with Gasteiger partial charge in [-0.2, -0.15) is 0 Å². The van der Waals surface area contributed by atoms with Crippen molar-refractivity contribution >= 4 is 0 Å². The van der Waals surface area contributed by atoms with Crippen molar-refractivity contribution in [1.29, 1.82) is 0 Å². The Balaban J connectivity index is 1.80. The van der Waals surface area contributed by atoms with Crippen LogP contribution in [0.3, 0.4) is 0 Å². The van der Waals surface area contributed by atoms with Crippen molar-refractivity contribution in [2.24, 2.45) is 0 Å². The van der Waals surface area contributed by atoms with Gasteiger partial charge in [0.1, 0.15) is 12.4 Å². The maximum Gasteiger partial charge on any atom is 0.119 e. The number of nitrogens with one attached hydrogen (secondary N) is 1. The molecule has 0 unspecified atom stereocenters. The lowest BCUT2D eigenvalue weighted by Crippen LogP contribution is -2.20. The molecule has 17 heavy (non-hydrogen) atoms. The molecule has 0 aliphatic heterocycles. The van der Waals surface area contributed by atoms with Crippen molar-refractivity contribution in [3.63, 3.8) is 0 Å². The third-order valence-electron chi connectivity index (χ3n) is 3.50. The second-order valence-electron chi connectivity index (χ2n) is 4.75. The summed E-state index contributed by atoms with van der Waals surface area (Å²) in [5.41, 5.74) is 1.49. The van der Waals surface area contributed by atoms with Crippen molar-refractivity contribution in [2.75, 3.05) is 19.7 Å². The maximum atomic E-state index is 5.66. The Kier molecular flexibility index (Phi) is 4.87. The summed E-state index contributed by atoms with van der Waals surface area (Å²) >= 11 is 0. The van der Waals surface area contributed by atoms with Crippen molar-refractivity contribution in [3.05, 3.63) is 29.8 Å². The minimum absolute atomic E-state index is 0.747. The zero-order valence-corrected chi connectivity index (χ0v) is 10.7. The fourth-order valence-corrected chi connectivity index (χ4v) is 2.51. The predicted molar refractivity (Wildman–Crippen MR) is 71.7 cm³/mol.